The van der Waals surface area contributed by atoms with Gasteiger partial charge in [-0.1, -0.05) is 0 Å². The number of rotatable bonds is 6. The van der Waals surface area contributed by atoms with Gasteiger partial charge in [0.05, 0.1) is 44.5 Å². The van der Waals surface area contributed by atoms with E-state index in [1.165, 1.54) is 20.3 Å². The molecule has 1 aromatic heterocycles. The van der Waals surface area contributed by atoms with E-state index < -0.39 is 11.9 Å². The molecule has 1 aromatic carbocycles. The highest BCUT2D eigenvalue weighted by atomic mass is 16.5. The van der Waals surface area contributed by atoms with Crippen LogP contribution >= 0.6 is 0 Å². The quantitative estimate of drug-likeness (QED) is 0.492. The van der Waals surface area contributed by atoms with Crippen molar-refractivity contribution in [2.24, 2.45) is 0 Å². The first-order valence-corrected chi connectivity index (χ1v) is 7.07. The lowest BCUT2D eigenvalue weighted by atomic mass is 10.0. The van der Waals surface area contributed by atoms with Gasteiger partial charge in [-0.15, -0.1) is 0 Å². The van der Waals surface area contributed by atoms with Gasteiger partial charge in [-0.3, -0.25) is 5.32 Å². The topological polar surface area (TPSA) is 102 Å². The van der Waals surface area contributed by atoms with Crippen LogP contribution in [0.15, 0.2) is 34.7 Å². The van der Waals surface area contributed by atoms with Gasteiger partial charge >= 0.3 is 11.9 Å². The zero-order valence-corrected chi connectivity index (χ0v) is 13.3. The number of nitrogens with zero attached hydrogens (tertiary/aromatic N) is 1. The van der Waals surface area contributed by atoms with E-state index in [0.29, 0.717) is 23.6 Å². The smallest absolute Gasteiger partial charge is 0.337 e. The third kappa shape index (κ3) is 4.00. The number of esters is 2. The van der Waals surface area contributed by atoms with E-state index in [9.17, 15) is 9.59 Å². The average molecular weight is 328 g/mol. The Hall–Kier alpha value is -3.11. The van der Waals surface area contributed by atoms with Gasteiger partial charge in [-0.2, -0.15) is 5.26 Å². The first kappa shape index (κ1) is 17.2. The number of furan rings is 1. The second-order valence-corrected chi connectivity index (χ2v) is 4.81. The molecule has 0 fully saturated rings. The van der Waals surface area contributed by atoms with E-state index >= 15 is 0 Å². The first-order valence-electron chi connectivity index (χ1n) is 7.07. The number of ether oxygens (including phenoxy) is 2. The largest absolute Gasteiger partial charge is 0.465 e. The van der Waals surface area contributed by atoms with Crippen LogP contribution in [-0.2, 0) is 16.0 Å². The van der Waals surface area contributed by atoms with Crippen LogP contribution in [0.4, 0.5) is 0 Å². The van der Waals surface area contributed by atoms with Gasteiger partial charge in [0.1, 0.15) is 11.5 Å². The van der Waals surface area contributed by atoms with Crippen LogP contribution in [0.2, 0.25) is 0 Å². The predicted octanol–water partition coefficient (Wildman–Crippen LogP) is 2.13. The molecule has 2 rings (SSSR count). The van der Waals surface area contributed by atoms with Crippen LogP contribution in [0.1, 0.15) is 26.5 Å². The molecule has 0 saturated heterocycles. The van der Waals surface area contributed by atoms with Crippen LogP contribution in [0.5, 0.6) is 0 Å². The van der Waals surface area contributed by atoms with Crippen LogP contribution in [0.3, 0.4) is 0 Å². The van der Waals surface area contributed by atoms with E-state index in [0.717, 1.165) is 0 Å². The molecule has 0 bridgehead atoms. The van der Waals surface area contributed by atoms with Crippen molar-refractivity contribution in [3.05, 3.63) is 47.2 Å². The Morgan fingerprint density at radius 3 is 2.29 bits per heavy atom. The minimum absolute atomic E-state index is 0.209. The SMILES string of the molecule is COC(=O)c1cc(C(=O)OC)cc(-c2ccc(CNCC#N)o2)c1. The summed E-state index contributed by atoms with van der Waals surface area (Å²) in [7, 11) is 2.53. The van der Waals surface area contributed by atoms with Crippen molar-refractivity contribution in [2.75, 3.05) is 20.8 Å². The summed E-state index contributed by atoms with van der Waals surface area (Å²) in [4.78, 5) is 23.6. The molecular weight excluding hydrogens is 312 g/mol. The Balaban J connectivity index is 2.36. The number of nitriles is 1. The number of hydrogen-bond acceptors (Lipinski definition) is 7. The minimum atomic E-state index is -0.565. The van der Waals surface area contributed by atoms with Crippen molar-refractivity contribution < 1.29 is 23.5 Å². The number of carbonyl (C=O) groups excluding carboxylic acids is 2. The summed E-state index contributed by atoms with van der Waals surface area (Å²) in [5.74, 6) is -0.0167. The third-order valence-corrected chi connectivity index (χ3v) is 3.22. The first-order chi connectivity index (χ1) is 11.6. The summed E-state index contributed by atoms with van der Waals surface area (Å²) in [5.41, 5.74) is 0.983. The van der Waals surface area contributed by atoms with Crippen LogP contribution in [0, 0.1) is 11.3 Å². The summed E-state index contributed by atoms with van der Waals surface area (Å²) < 4.78 is 15.1. The number of carbonyl (C=O) groups is 2. The summed E-state index contributed by atoms with van der Waals surface area (Å²) in [6.07, 6.45) is 0. The Bertz CT molecular complexity index is 754. The molecule has 124 valence electrons. The van der Waals surface area contributed by atoms with E-state index in [-0.39, 0.29) is 17.7 Å². The fourth-order valence-corrected chi connectivity index (χ4v) is 2.11. The molecule has 0 saturated carbocycles. The normalized spacial score (nSPS) is 10.0. The lowest BCUT2D eigenvalue weighted by Gasteiger charge is -2.06. The molecule has 0 aliphatic heterocycles. The highest BCUT2D eigenvalue weighted by Gasteiger charge is 2.16. The van der Waals surface area contributed by atoms with Gasteiger partial charge in [0, 0.05) is 5.56 Å². The van der Waals surface area contributed by atoms with E-state index in [2.05, 4.69) is 5.32 Å². The van der Waals surface area contributed by atoms with Gasteiger partial charge in [-0.25, -0.2) is 9.59 Å². The molecule has 7 nitrogen and oxygen atoms in total. The van der Waals surface area contributed by atoms with Crippen LogP contribution in [-0.4, -0.2) is 32.7 Å². The standard InChI is InChI=1S/C17H16N2O5/c1-22-16(20)12-7-11(8-13(9-12)17(21)23-2)15-4-3-14(24-15)10-19-6-5-18/h3-4,7-9,19H,6,10H2,1-2H3. The molecule has 0 amide bonds. The molecule has 0 aliphatic rings. The molecule has 0 radical (unpaired) electrons. The molecule has 0 atom stereocenters. The van der Waals surface area contributed by atoms with Crippen molar-refractivity contribution >= 4 is 11.9 Å². The van der Waals surface area contributed by atoms with Gasteiger partial charge in [-0.05, 0) is 30.3 Å². The Labute approximate surface area is 138 Å². The molecule has 0 aliphatic carbocycles. The second-order valence-electron chi connectivity index (χ2n) is 4.81. The predicted molar refractivity (Wildman–Crippen MR) is 84.1 cm³/mol. The Morgan fingerprint density at radius 1 is 1.12 bits per heavy atom. The summed E-state index contributed by atoms with van der Waals surface area (Å²) in [5, 5.41) is 11.4. The van der Waals surface area contributed by atoms with Crippen molar-refractivity contribution in [1.82, 2.24) is 5.32 Å². The fraction of sp³-hybridized carbons (Fsp3) is 0.235. The number of methoxy groups -OCH3 is 2. The summed E-state index contributed by atoms with van der Waals surface area (Å²) >= 11 is 0. The number of hydrogen-bond donors (Lipinski definition) is 1. The Kier molecular flexibility index (Phi) is 5.71. The molecular formula is C17H16N2O5. The lowest BCUT2D eigenvalue weighted by molar-refractivity contribution is 0.0599. The van der Waals surface area contributed by atoms with Crippen LogP contribution in [0.25, 0.3) is 11.3 Å². The van der Waals surface area contributed by atoms with Crippen molar-refractivity contribution in [3.63, 3.8) is 0 Å². The average Bonchev–Trinajstić information content (AvgIpc) is 3.09. The monoisotopic (exact) mass is 328 g/mol. The zero-order valence-electron chi connectivity index (χ0n) is 13.3. The van der Waals surface area contributed by atoms with E-state index in [1.54, 1.807) is 24.3 Å². The third-order valence-electron chi connectivity index (χ3n) is 3.22. The highest BCUT2D eigenvalue weighted by molar-refractivity contribution is 5.97. The van der Waals surface area contributed by atoms with Gasteiger partial charge < -0.3 is 13.9 Å². The van der Waals surface area contributed by atoms with Crippen molar-refractivity contribution in [1.29, 1.82) is 5.26 Å². The Morgan fingerprint density at radius 2 is 1.75 bits per heavy atom. The maximum atomic E-state index is 11.8. The van der Waals surface area contributed by atoms with E-state index in [1.807, 2.05) is 6.07 Å². The number of benzene rings is 1. The molecule has 2 aromatic rings. The molecule has 0 spiro atoms. The number of nitrogens with one attached hydrogen (secondary N) is 1. The second kappa shape index (κ2) is 7.94. The maximum absolute atomic E-state index is 11.8. The van der Waals surface area contributed by atoms with Gasteiger partial charge in [0.25, 0.3) is 0 Å². The maximum Gasteiger partial charge on any atom is 0.337 e. The van der Waals surface area contributed by atoms with Gasteiger partial charge in [0.15, 0.2) is 0 Å². The van der Waals surface area contributed by atoms with Crippen molar-refractivity contribution in [2.45, 2.75) is 6.54 Å². The van der Waals surface area contributed by atoms with Gasteiger partial charge in [0.2, 0.25) is 0 Å². The highest BCUT2D eigenvalue weighted by Crippen LogP contribution is 2.25. The molecule has 0 unspecified atom stereocenters. The molecule has 1 heterocycles. The van der Waals surface area contributed by atoms with Crippen molar-refractivity contribution in [3.8, 4) is 17.4 Å². The van der Waals surface area contributed by atoms with Crippen LogP contribution < -0.4 is 5.32 Å². The van der Waals surface area contributed by atoms with E-state index in [4.69, 9.17) is 19.2 Å². The molecule has 7 heteroatoms. The summed E-state index contributed by atoms with van der Waals surface area (Å²) in [6, 6.07) is 10.00. The molecule has 1 N–H and O–H groups in total. The lowest BCUT2D eigenvalue weighted by Crippen LogP contribution is -2.12. The molecule has 24 heavy (non-hydrogen) atoms. The zero-order chi connectivity index (χ0) is 17.5. The summed E-state index contributed by atoms with van der Waals surface area (Å²) in [6.45, 7) is 0.606. The minimum Gasteiger partial charge on any atom is -0.465 e. The fourth-order valence-electron chi connectivity index (χ4n) is 2.11.